The van der Waals surface area contributed by atoms with Crippen molar-refractivity contribution < 1.29 is 34.8 Å². The van der Waals surface area contributed by atoms with Gasteiger partial charge in [0, 0.05) is 5.75 Å². The monoisotopic (exact) mass is 281 g/mol. The van der Waals surface area contributed by atoms with Crippen LogP contribution in [0.15, 0.2) is 0 Å². The Bertz CT molecular complexity index is 338. The van der Waals surface area contributed by atoms with Gasteiger partial charge >= 0.3 is 12.1 Å². The lowest BCUT2D eigenvalue weighted by Gasteiger charge is -2.28. The predicted molar refractivity (Wildman–Crippen MR) is 62.1 cm³/mol. The quantitative estimate of drug-likeness (QED) is 0.474. The zero-order chi connectivity index (χ0) is 14.5. The van der Waals surface area contributed by atoms with Crippen LogP contribution in [0, 0.1) is 0 Å². The number of hydrogen-bond donors (Lipinski definition) is 4. The first-order valence-electron chi connectivity index (χ1n) is 4.94. The Morgan fingerprint density at radius 1 is 1.28 bits per heavy atom. The van der Waals surface area contributed by atoms with Crippen molar-refractivity contribution in [2.45, 2.75) is 25.7 Å². The summed E-state index contributed by atoms with van der Waals surface area (Å²) in [7, 11) is 0. The molecule has 0 aliphatic rings. The Morgan fingerprint density at radius 3 is 2.06 bits per heavy atom. The summed E-state index contributed by atoms with van der Waals surface area (Å²) < 4.78 is 0. The number of carboxylic acids is 1. The van der Waals surface area contributed by atoms with E-state index in [2.05, 4.69) is 0 Å². The molecule has 4 N–H and O–H groups in total. The molecule has 1 unspecified atom stereocenters. The molecule has 0 saturated carbocycles. The van der Waals surface area contributed by atoms with Crippen molar-refractivity contribution in [1.29, 1.82) is 0 Å². The third kappa shape index (κ3) is 4.51. The standard InChI is InChI=1S/C9H15NO7S/c1-3-18-4-5(6(11)12)10(8(14)15)7(13)9(2,16)17/h5,16-17H,3-4H2,1-2H3,(H,11,12)(H,14,15). The lowest BCUT2D eigenvalue weighted by atomic mass is 10.2. The van der Waals surface area contributed by atoms with Gasteiger partial charge in [0.15, 0.2) is 0 Å². The van der Waals surface area contributed by atoms with Crippen LogP contribution in [-0.4, -0.2) is 66.6 Å². The van der Waals surface area contributed by atoms with Gasteiger partial charge in [0.2, 0.25) is 5.79 Å². The number of carbonyl (C=O) groups excluding carboxylic acids is 1. The molecular formula is C9H15NO7S. The molecular weight excluding hydrogens is 266 g/mol. The number of aliphatic hydroxyl groups is 2. The molecule has 8 nitrogen and oxygen atoms in total. The fourth-order valence-electron chi connectivity index (χ4n) is 1.08. The van der Waals surface area contributed by atoms with Crippen molar-refractivity contribution >= 4 is 29.7 Å². The van der Waals surface area contributed by atoms with E-state index in [0.717, 1.165) is 11.8 Å². The number of rotatable bonds is 6. The number of aliphatic carboxylic acids is 1. The normalized spacial score (nSPS) is 12.9. The second kappa shape index (κ2) is 6.57. The first-order valence-corrected chi connectivity index (χ1v) is 6.10. The van der Waals surface area contributed by atoms with Crippen LogP contribution < -0.4 is 0 Å². The smallest absolute Gasteiger partial charge is 0.415 e. The Labute approximate surface area is 107 Å². The first-order chi connectivity index (χ1) is 8.12. The molecule has 1 atom stereocenters. The minimum absolute atomic E-state index is 0.0784. The summed E-state index contributed by atoms with van der Waals surface area (Å²) in [5.74, 6) is -5.71. The third-order valence-corrected chi connectivity index (χ3v) is 2.87. The molecule has 0 aromatic rings. The molecule has 0 heterocycles. The zero-order valence-corrected chi connectivity index (χ0v) is 10.7. The largest absolute Gasteiger partial charge is 0.480 e. The van der Waals surface area contributed by atoms with Crippen molar-refractivity contribution in [3.8, 4) is 0 Å². The molecule has 2 amide bonds. The van der Waals surface area contributed by atoms with E-state index in [9.17, 15) is 14.4 Å². The molecule has 0 spiro atoms. The SMILES string of the molecule is CCSCC(C(=O)O)N(C(=O)O)C(=O)C(C)(O)O. The fourth-order valence-corrected chi connectivity index (χ4v) is 1.83. The van der Waals surface area contributed by atoms with Crippen molar-refractivity contribution in [2.24, 2.45) is 0 Å². The average Bonchev–Trinajstić information content (AvgIpc) is 2.20. The molecule has 104 valence electrons. The van der Waals surface area contributed by atoms with E-state index in [1.165, 1.54) is 0 Å². The van der Waals surface area contributed by atoms with E-state index in [-0.39, 0.29) is 10.7 Å². The van der Waals surface area contributed by atoms with Crippen LogP contribution in [0.4, 0.5) is 4.79 Å². The van der Waals surface area contributed by atoms with Crippen molar-refractivity contribution in [2.75, 3.05) is 11.5 Å². The first kappa shape index (κ1) is 16.7. The number of nitrogens with zero attached hydrogens (tertiary/aromatic N) is 1. The van der Waals surface area contributed by atoms with Gasteiger partial charge in [-0.15, -0.1) is 0 Å². The average molecular weight is 281 g/mol. The molecule has 0 radical (unpaired) electrons. The van der Waals surface area contributed by atoms with Crippen molar-refractivity contribution in [1.82, 2.24) is 4.90 Å². The van der Waals surface area contributed by atoms with E-state index in [1.807, 2.05) is 0 Å². The summed E-state index contributed by atoms with van der Waals surface area (Å²) >= 11 is 1.12. The van der Waals surface area contributed by atoms with Crippen LogP contribution in [-0.2, 0) is 9.59 Å². The van der Waals surface area contributed by atoms with Gasteiger partial charge in [-0.1, -0.05) is 6.92 Å². The number of hydrogen-bond acceptors (Lipinski definition) is 6. The summed E-state index contributed by atoms with van der Waals surface area (Å²) in [4.78, 5) is 33.3. The summed E-state index contributed by atoms with van der Waals surface area (Å²) in [6.45, 7) is 2.40. The van der Waals surface area contributed by atoms with E-state index < -0.39 is 29.8 Å². The number of imide groups is 1. The minimum atomic E-state index is -2.94. The molecule has 0 fully saturated rings. The molecule has 0 rings (SSSR count). The molecule has 0 aromatic carbocycles. The Kier molecular flexibility index (Phi) is 6.09. The number of amides is 2. The zero-order valence-electron chi connectivity index (χ0n) is 9.86. The summed E-state index contributed by atoms with van der Waals surface area (Å²) in [6, 6.07) is -1.67. The maximum absolute atomic E-state index is 11.5. The summed E-state index contributed by atoms with van der Waals surface area (Å²) in [6.07, 6.45) is -1.85. The molecule has 0 bridgehead atoms. The van der Waals surface area contributed by atoms with Gasteiger partial charge < -0.3 is 20.4 Å². The highest BCUT2D eigenvalue weighted by molar-refractivity contribution is 7.99. The van der Waals surface area contributed by atoms with Crippen LogP contribution in [0.5, 0.6) is 0 Å². The van der Waals surface area contributed by atoms with Gasteiger partial charge in [-0.3, -0.25) is 4.79 Å². The van der Waals surface area contributed by atoms with Crippen LogP contribution in [0.3, 0.4) is 0 Å². The summed E-state index contributed by atoms with van der Waals surface area (Å²) in [5.41, 5.74) is 0. The fraction of sp³-hybridized carbons (Fsp3) is 0.667. The van der Waals surface area contributed by atoms with Gasteiger partial charge in [-0.25, -0.2) is 14.5 Å². The van der Waals surface area contributed by atoms with E-state index in [0.29, 0.717) is 12.7 Å². The molecule has 0 aromatic heterocycles. The van der Waals surface area contributed by atoms with Crippen molar-refractivity contribution in [3.63, 3.8) is 0 Å². The maximum atomic E-state index is 11.5. The van der Waals surface area contributed by atoms with Gasteiger partial charge in [0.25, 0.3) is 5.91 Å². The van der Waals surface area contributed by atoms with E-state index in [1.54, 1.807) is 6.92 Å². The summed E-state index contributed by atoms with van der Waals surface area (Å²) in [5, 5.41) is 35.9. The van der Waals surface area contributed by atoms with E-state index >= 15 is 0 Å². The number of carboxylic acid groups (broad SMARTS) is 2. The van der Waals surface area contributed by atoms with Crippen LogP contribution in [0.25, 0.3) is 0 Å². The maximum Gasteiger partial charge on any atom is 0.415 e. The predicted octanol–water partition coefficient (Wildman–Crippen LogP) is -0.600. The van der Waals surface area contributed by atoms with Gasteiger partial charge in [-0.05, 0) is 12.7 Å². The highest BCUT2D eigenvalue weighted by Gasteiger charge is 2.42. The van der Waals surface area contributed by atoms with Gasteiger partial charge in [0.1, 0.15) is 6.04 Å². The third-order valence-electron chi connectivity index (χ3n) is 1.91. The molecule has 18 heavy (non-hydrogen) atoms. The lowest BCUT2D eigenvalue weighted by Crippen LogP contribution is -2.56. The lowest BCUT2D eigenvalue weighted by molar-refractivity contribution is -0.190. The molecule has 9 heteroatoms. The molecule has 0 saturated heterocycles. The topological polar surface area (TPSA) is 135 Å². The van der Waals surface area contributed by atoms with Gasteiger partial charge in [0.05, 0.1) is 0 Å². The highest BCUT2D eigenvalue weighted by atomic mass is 32.2. The van der Waals surface area contributed by atoms with Crippen LogP contribution in [0.2, 0.25) is 0 Å². The Hall–Kier alpha value is -1.32. The van der Waals surface area contributed by atoms with Crippen molar-refractivity contribution in [3.05, 3.63) is 0 Å². The Morgan fingerprint density at radius 2 is 1.78 bits per heavy atom. The number of carbonyl (C=O) groups is 3. The minimum Gasteiger partial charge on any atom is -0.480 e. The van der Waals surface area contributed by atoms with Gasteiger partial charge in [-0.2, -0.15) is 11.8 Å². The van der Waals surface area contributed by atoms with Crippen LogP contribution >= 0.6 is 11.8 Å². The second-order valence-electron chi connectivity index (χ2n) is 3.49. The molecule has 0 aliphatic heterocycles. The Balaban J connectivity index is 5.23. The van der Waals surface area contributed by atoms with Crippen LogP contribution in [0.1, 0.15) is 13.8 Å². The molecule has 0 aliphatic carbocycles. The highest BCUT2D eigenvalue weighted by Crippen LogP contribution is 2.14. The second-order valence-corrected chi connectivity index (χ2v) is 4.81. The number of thioether (sulfide) groups is 1. The van der Waals surface area contributed by atoms with E-state index in [4.69, 9.17) is 20.4 Å².